The van der Waals surface area contributed by atoms with E-state index in [0.29, 0.717) is 25.2 Å². The number of nitrogens with one attached hydrogen (secondary N) is 1. The highest BCUT2D eigenvalue weighted by Crippen LogP contribution is 2.27. The molecule has 1 rings (SSSR count). The van der Waals surface area contributed by atoms with Gasteiger partial charge in [0.05, 0.1) is 0 Å². The van der Waals surface area contributed by atoms with E-state index in [0.717, 1.165) is 12.5 Å². The maximum Gasteiger partial charge on any atom is 0.303 e. The summed E-state index contributed by atoms with van der Waals surface area (Å²) in [6, 6.07) is 0. The molecule has 1 aliphatic carbocycles. The fourth-order valence-corrected chi connectivity index (χ4v) is 2.44. The Balaban J connectivity index is 2.01. The summed E-state index contributed by atoms with van der Waals surface area (Å²) in [5.41, 5.74) is 0. The van der Waals surface area contributed by atoms with Crippen LogP contribution in [-0.4, -0.2) is 23.5 Å². The van der Waals surface area contributed by atoms with Gasteiger partial charge in [0, 0.05) is 19.4 Å². The smallest absolute Gasteiger partial charge is 0.303 e. The van der Waals surface area contributed by atoms with E-state index in [1.807, 2.05) is 0 Å². The van der Waals surface area contributed by atoms with E-state index in [9.17, 15) is 9.59 Å². The molecule has 0 heterocycles. The molecule has 0 bridgehead atoms. The van der Waals surface area contributed by atoms with E-state index in [4.69, 9.17) is 5.11 Å². The summed E-state index contributed by atoms with van der Waals surface area (Å²) in [7, 11) is 0. The second-order valence-corrected chi connectivity index (χ2v) is 5.53. The molecule has 1 fully saturated rings. The van der Waals surface area contributed by atoms with Crippen LogP contribution < -0.4 is 5.32 Å². The van der Waals surface area contributed by atoms with Gasteiger partial charge in [0.25, 0.3) is 0 Å². The molecule has 18 heavy (non-hydrogen) atoms. The minimum atomic E-state index is -0.785. The minimum Gasteiger partial charge on any atom is -0.481 e. The third kappa shape index (κ3) is 6.62. The number of unbranched alkanes of at least 4 members (excludes halogenated alkanes) is 1. The summed E-state index contributed by atoms with van der Waals surface area (Å²) in [5.74, 6) is 0.767. The maximum atomic E-state index is 11.5. The minimum absolute atomic E-state index is 0.0685. The van der Waals surface area contributed by atoms with Crippen molar-refractivity contribution in [3.63, 3.8) is 0 Å². The maximum absolute atomic E-state index is 11.5. The first-order chi connectivity index (χ1) is 8.58. The first-order valence-electron chi connectivity index (χ1n) is 7.06. The number of aliphatic carboxylic acids is 1. The summed E-state index contributed by atoms with van der Waals surface area (Å²) in [4.78, 5) is 21.8. The average molecular weight is 255 g/mol. The van der Waals surface area contributed by atoms with Crippen LogP contribution in [-0.2, 0) is 9.59 Å². The number of hydrogen-bond donors (Lipinski definition) is 2. The van der Waals surface area contributed by atoms with E-state index >= 15 is 0 Å². The Morgan fingerprint density at radius 2 is 1.72 bits per heavy atom. The van der Waals surface area contributed by atoms with E-state index < -0.39 is 5.97 Å². The fraction of sp³-hybridized carbons (Fsp3) is 0.857. The third-order valence-corrected chi connectivity index (χ3v) is 3.77. The number of rotatable bonds is 7. The fourth-order valence-electron chi connectivity index (χ4n) is 2.44. The highest BCUT2D eigenvalue weighted by molar-refractivity contribution is 5.75. The Kier molecular flexibility index (Phi) is 6.76. The van der Waals surface area contributed by atoms with Gasteiger partial charge in [0.15, 0.2) is 0 Å². The number of hydrogen-bond acceptors (Lipinski definition) is 2. The van der Waals surface area contributed by atoms with Crippen molar-refractivity contribution in [2.45, 2.75) is 58.3 Å². The van der Waals surface area contributed by atoms with E-state index in [-0.39, 0.29) is 12.3 Å². The van der Waals surface area contributed by atoms with Gasteiger partial charge >= 0.3 is 5.97 Å². The van der Waals surface area contributed by atoms with E-state index in [2.05, 4.69) is 12.2 Å². The van der Waals surface area contributed by atoms with Crippen LogP contribution in [0, 0.1) is 11.8 Å². The largest absolute Gasteiger partial charge is 0.481 e. The topological polar surface area (TPSA) is 66.4 Å². The summed E-state index contributed by atoms with van der Waals surface area (Å²) >= 11 is 0. The second-order valence-electron chi connectivity index (χ2n) is 5.53. The molecule has 1 aliphatic rings. The lowest BCUT2D eigenvalue weighted by Crippen LogP contribution is -2.30. The molecule has 2 N–H and O–H groups in total. The summed E-state index contributed by atoms with van der Waals surface area (Å²) in [6.45, 7) is 3.09. The molecule has 0 aromatic heterocycles. The van der Waals surface area contributed by atoms with Gasteiger partial charge in [-0.05, 0) is 37.5 Å². The highest BCUT2D eigenvalue weighted by Gasteiger charge is 2.18. The van der Waals surface area contributed by atoms with Gasteiger partial charge in [-0.15, -0.1) is 0 Å². The van der Waals surface area contributed by atoms with Gasteiger partial charge < -0.3 is 10.4 Å². The Labute approximate surface area is 109 Å². The predicted octanol–water partition coefficient (Wildman–Crippen LogP) is 2.57. The summed E-state index contributed by atoms with van der Waals surface area (Å²) < 4.78 is 0. The van der Waals surface area contributed by atoms with Gasteiger partial charge in [0.1, 0.15) is 0 Å². The lowest BCUT2D eigenvalue weighted by atomic mass is 9.83. The number of carboxylic acids is 1. The molecule has 4 heteroatoms. The van der Waals surface area contributed by atoms with E-state index in [1.165, 1.54) is 25.7 Å². The van der Waals surface area contributed by atoms with Crippen molar-refractivity contribution >= 4 is 11.9 Å². The van der Waals surface area contributed by atoms with Gasteiger partial charge in [-0.3, -0.25) is 9.59 Å². The number of carboxylic acid groups (broad SMARTS) is 1. The zero-order chi connectivity index (χ0) is 13.4. The van der Waals surface area contributed by atoms with Gasteiger partial charge in [0.2, 0.25) is 5.91 Å². The molecule has 0 saturated heterocycles. The first-order valence-corrected chi connectivity index (χ1v) is 7.06. The van der Waals surface area contributed by atoms with E-state index in [1.54, 1.807) is 0 Å². The molecule has 1 saturated carbocycles. The molecular weight excluding hydrogens is 230 g/mol. The van der Waals surface area contributed by atoms with Crippen LogP contribution in [0.15, 0.2) is 0 Å². The average Bonchev–Trinajstić information content (AvgIpc) is 2.34. The van der Waals surface area contributed by atoms with Crippen LogP contribution in [0.4, 0.5) is 0 Å². The number of amides is 1. The van der Waals surface area contributed by atoms with Crippen molar-refractivity contribution in [3.05, 3.63) is 0 Å². The Bertz CT molecular complexity index is 270. The summed E-state index contributed by atoms with van der Waals surface area (Å²) in [5, 5.41) is 11.4. The van der Waals surface area contributed by atoms with Crippen molar-refractivity contribution < 1.29 is 14.7 Å². The van der Waals surface area contributed by atoms with Crippen LogP contribution in [0.5, 0.6) is 0 Å². The van der Waals surface area contributed by atoms with Crippen LogP contribution in [0.1, 0.15) is 58.3 Å². The van der Waals surface area contributed by atoms with Crippen LogP contribution >= 0.6 is 0 Å². The normalized spacial score (nSPS) is 23.6. The molecular formula is C14H25NO3. The van der Waals surface area contributed by atoms with Crippen LogP contribution in [0.3, 0.4) is 0 Å². The second kappa shape index (κ2) is 8.11. The lowest BCUT2D eigenvalue weighted by molar-refractivity contribution is -0.137. The Hall–Kier alpha value is -1.06. The van der Waals surface area contributed by atoms with Gasteiger partial charge in [-0.2, -0.15) is 0 Å². The molecule has 0 unspecified atom stereocenters. The van der Waals surface area contributed by atoms with Crippen molar-refractivity contribution in [2.75, 3.05) is 6.54 Å². The third-order valence-electron chi connectivity index (χ3n) is 3.77. The van der Waals surface area contributed by atoms with Crippen molar-refractivity contribution in [1.29, 1.82) is 0 Å². The Morgan fingerprint density at radius 1 is 1.11 bits per heavy atom. The molecule has 0 aliphatic heterocycles. The van der Waals surface area contributed by atoms with Gasteiger partial charge in [-0.1, -0.05) is 19.8 Å². The zero-order valence-corrected chi connectivity index (χ0v) is 11.3. The molecule has 4 nitrogen and oxygen atoms in total. The van der Waals surface area contributed by atoms with Crippen LogP contribution in [0.25, 0.3) is 0 Å². The molecule has 104 valence electrons. The number of carbonyl (C=O) groups excluding carboxylic acids is 1. The molecule has 0 spiro atoms. The first kappa shape index (κ1) is 15.0. The quantitative estimate of drug-likeness (QED) is 0.687. The molecule has 0 radical (unpaired) electrons. The predicted molar refractivity (Wildman–Crippen MR) is 70.2 cm³/mol. The molecule has 0 atom stereocenters. The summed E-state index contributed by atoms with van der Waals surface area (Å²) in [6.07, 6.45) is 6.87. The SMILES string of the molecule is CC1CCC(CNC(=O)CCCCC(=O)O)CC1. The molecule has 1 amide bonds. The van der Waals surface area contributed by atoms with Crippen LogP contribution in [0.2, 0.25) is 0 Å². The van der Waals surface area contributed by atoms with Crippen molar-refractivity contribution in [1.82, 2.24) is 5.32 Å². The number of carbonyl (C=O) groups is 2. The van der Waals surface area contributed by atoms with Crippen molar-refractivity contribution in [3.8, 4) is 0 Å². The van der Waals surface area contributed by atoms with Gasteiger partial charge in [-0.25, -0.2) is 0 Å². The molecule has 0 aromatic carbocycles. The lowest BCUT2D eigenvalue weighted by Gasteiger charge is -2.26. The Morgan fingerprint density at radius 3 is 2.33 bits per heavy atom. The monoisotopic (exact) mass is 255 g/mol. The standard InChI is InChI=1S/C14H25NO3/c1-11-6-8-12(9-7-11)10-15-13(16)4-2-3-5-14(17)18/h11-12H,2-10H2,1H3,(H,15,16)(H,17,18). The zero-order valence-electron chi connectivity index (χ0n) is 11.3. The van der Waals surface area contributed by atoms with Crippen molar-refractivity contribution in [2.24, 2.45) is 11.8 Å². The molecule has 0 aromatic rings. The highest BCUT2D eigenvalue weighted by atomic mass is 16.4.